The number of amides is 1. The molecule has 25 heavy (non-hydrogen) atoms. The Morgan fingerprint density at radius 2 is 1.92 bits per heavy atom. The van der Waals surface area contributed by atoms with Gasteiger partial charge in [-0.1, -0.05) is 30.3 Å². The molecule has 5 nitrogen and oxygen atoms in total. The standard InChI is InChI=1S/C20H20N2O3/c1-3-25-19-7-5-4-6-16(19)12-17(13-21)20(23)22-14-15-8-10-18(24-2)11-9-15/h4-12H,3,14H2,1-2H3,(H,22,23)/b17-12-. The van der Waals surface area contributed by atoms with E-state index in [1.54, 1.807) is 19.2 Å². The van der Waals surface area contributed by atoms with Gasteiger partial charge in [0.05, 0.1) is 13.7 Å². The summed E-state index contributed by atoms with van der Waals surface area (Å²) in [5.74, 6) is 0.963. The Bertz CT molecular complexity index is 789. The van der Waals surface area contributed by atoms with E-state index in [4.69, 9.17) is 9.47 Å². The number of ether oxygens (including phenoxy) is 2. The third-order valence-corrected chi connectivity index (χ3v) is 3.50. The predicted molar refractivity (Wildman–Crippen MR) is 96.0 cm³/mol. The second-order valence-electron chi connectivity index (χ2n) is 5.17. The van der Waals surface area contributed by atoms with Crippen molar-refractivity contribution in [2.45, 2.75) is 13.5 Å². The van der Waals surface area contributed by atoms with Crippen LogP contribution in [0.15, 0.2) is 54.1 Å². The predicted octanol–water partition coefficient (Wildman–Crippen LogP) is 3.32. The van der Waals surface area contributed by atoms with Crippen LogP contribution in [0.3, 0.4) is 0 Å². The molecule has 0 unspecified atom stereocenters. The zero-order valence-corrected chi connectivity index (χ0v) is 14.3. The highest BCUT2D eigenvalue weighted by Gasteiger charge is 2.10. The van der Waals surface area contributed by atoms with Crippen molar-refractivity contribution in [2.24, 2.45) is 0 Å². The fourth-order valence-electron chi connectivity index (χ4n) is 2.21. The summed E-state index contributed by atoms with van der Waals surface area (Å²) in [5.41, 5.74) is 1.64. The Balaban J connectivity index is 2.09. The molecule has 0 spiro atoms. The summed E-state index contributed by atoms with van der Waals surface area (Å²) >= 11 is 0. The van der Waals surface area contributed by atoms with Gasteiger partial charge in [0.25, 0.3) is 5.91 Å². The van der Waals surface area contributed by atoms with E-state index in [1.165, 1.54) is 6.08 Å². The van der Waals surface area contributed by atoms with Crippen LogP contribution < -0.4 is 14.8 Å². The maximum Gasteiger partial charge on any atom is 0.262 e. The molecule has 0 aromatic heterocycles. The van der Waals surface area contributed by atoms with Crippen LogP contribution in [0.5, 0.6) is 11.5 Å². The molecule has 2 aromatic rings. The first-order valence-electron chi connectivity index (χ1n) is 7.92. The summed E-state index contributed by atoms with van der Waals surface area (Å²) in [7, 11) is 1.60. The Morgan fingerprint density at radius 3 is 2.56 bits per heavy atom. The number of hydrogen-bond acceptors (Lipinski definition) is 4. The van der Waals surface area contributed by atoms with Crippen LogP contribution in [0.2, 0.25) is 0 Å². The maximum atomic E-state index is 12.3. The summed E-state index contributed by atoms with van der Waals surface area (Å²) < 4.78 is 10.6. The maximum absolute atomic E-state index is 12.3. The fraction of sp³-hybridized carbons (Fsp3) is 0.200. The molecule has 1 N–H and O–H groups in total. The monoisotopic (exact) mass is 336 g/mol. The molecule has 0 heterocycles. The second kappa shape index (κ2) is 9.14. The van der Waals surface area contributed by atoms with Gasteiger partial charge in [0.15, 0.2) is 0 Å². The SMILES string of the molecule is CCOc1ccccc1/C=C(/C#N)C(=O)NCc1ccc(OC)cc1. The molecule has 0 saturated carbocycles. The van der Waals surface area contributed by atoms with Gasteiger partial charge in [-0.05, 0) is 36.8 Å². The number of carbonyl (C=O) groups is 1. The number of nitrogens with one attached hydrogen (secondary N) is 1. The molecule has 128 valence electrons. The average molecular weight is 336 g/mol. The van der Waals surface area contributed by atoms with Crippen LogP contribution in [0.1, 0.15) is 18.1 Å². The minimum Gasteiger partial charge on any atom is -0.497 e. The summed E-state index contributed by atoms with van der Waals surface area (Å²) in [4.78, 5) is 12.3. The van der Waals surface area contributed by atoms with Crippen molar-refractivity contribution in [3.63, 3.8) is 0 Å². The van der Waals surface area contributed by atoms with Crippen molar-refractivity contribution >= 4 is 12.0 Å². The van der Waals surface area contributed by atoms with Crippen LogP contribution in [0, 0.1) is 11.3 Å². The van der Waals surface area contributed by atoms with Crippen LogP contribution in [0.25, 0.3) is 6.08 Å². The molecular formula is C20H20N2O3. The van der Waals surface area contributed by atoms with Gasteiger partial charge in [-0.25, -0.2) is 0 Å². The molecule has 0 aliphatic heterocycles. The summed E-state index contributed by atoms with van der Waals surface area (Å²) in [6, 6.07) is 16.6. The van der Waals surface area contributed by atoms with Gasteiger partial charge < -0.3 is 14.8 Å². The zero-order valence-electron chi connectivity index (χ0n) is 14.3. The van der Waals surface area contributed by atoms with Gasteiger partial charge in [0.2, 0.25) is 0 Å². The number of para-hydroxylation sites is 1. The number of nitrogens with zero attached hydrogens (tertiary/aromatic N) is 1. The molecule has 1 amide bonds. The van der Waals surface area contributed by atoms with Crippen molar-refractivity contribution in [3.8, 4) is 17.6 Å². The number of nitriles is 1. The Hall–Kier alpha value is -3.26. The molecule has 0 fully saturated rings. The van der Waals surface area contributed by atoms with E-state index < -0.39 is 5.91 Å². The summed E-state index contributed by atoms with van der Waals surface area (Å²) in [5, 5.41) is 12.1. The van der Waals surface area contributed by atoms with Gasteiger partial charge in [0, 0.05) is 12.1 Å². The number of benzene rings is 2. The molecule has 5 heteroatoms. The molecule has 0 aliphatic carbocycles. The average Bonchev–Trinajstić information content (AvgIpc) is 2.66. The lowest BCUT2D eigenvalue weighted by molar-refractivity contribution is -0.117. The van der Waals surface area contributed by atoms with Crippen LogP contribution in [0.4, 0.5) is 0 Å². The first kappa shape index (κ1) is 18.1. The first-order chi connectivity index (χ1) is 12.2. The molecular weight excluding hydrogens is 316 g/mol. The van der Waals surface area contributed by atoms with E-state index in [0.29, 0.717) is 24.5 Å². The van der Waals surface area contributed by atoms with Crippen LogP contribution in [-0.4, -0.2) is 19.6 Å². The molecule has 0 bridgehead atoms. The van der Waals surface area contributed by atoms with Gasteiger partial charge in [-0.2, -0.15) is 5.26 Å². The van der Waals surface area contributed by atoms with Crippen molar-refractivity contribution in [1.82, 2.24) is 5.32 Å². The van der Waals surface area contributed by atoms with E-state index >= 15 is 0 Å². The highest BCUT2D eigenvalue weighted by atomic mass is 16.5. The highest BCUT2D eigenvalue weighted by molar-refractivity contribution is 6.01. The molecule has 0 radical (unpaired) electrons. The van der Waals surface area contributed by atoms with Crippen molar-refractivity contribution < 1.29 is 14.3 Å². The van der Waals surface area contributed by atoms with Crippen molar-refractivity contribution in [2.75, 3.05) is 13.7 Å². The van der Waals surface area contributed by atoms with Gasteiger partial charge in [0.1, 0.15) is 23.1 Å². The van der Waals surface area contributed by atoms with E-state index in [-0.39, 0.29) is 5.57 Å². The first-order valence-corrected chi connectivity index (χ1v) is 7.92. The quantitative estimate of drug-likeness (QED) is 0.622. The smallest absolute Gasteiger partial charge is 0.262 e. The fourth-order valence-corrected chi connectivity index (χ4v) is 2.21. The molecule has 0 atom stereocenters. The van der Waals surface area contributed by atoms with Gasteiger partial charge in [-0.15, -0.1) is 0 Å². The topological polar surface area (TPSA) is 71.3 Å². The van der Waals surface area contributed by atoms with Crippen molar-refractivity contribution in [3.05, 3.63) is 65.2 Å². The molecule has 2 rings (SSSR count). The number of methoxy groups -OCH3 is 1. The minimum absolute atomic E-state index is 0.0284. The third-order valence-electron chi connectivity index (χ3n) is 3.50. The van der Waals surface area contributed by atoms with Crippen LogP contribution in [-0.2, 0) is 11.3 Å². The van der Waals surface area contributed by atoms with Crippen molar-refractivity contribution in [1.29, 1.82) is 5.26 Å². The normalized spacial score (nSPS) is 10.7. The van der Waals surface area contributed by atoms with E-state index in [2.05, 4.69) is 5.32 Å². The van der Waals surface area contributed by atoms with Gasteiger partial charge in [-0.3, -0.25) is 4.79 Å². The third kappa shape index (κ3) is 5.11. The number of carbonyl (C=O) groups excluding carboxylic acids is 1. The van der Waals surface area contributed by atoms with E-state index in [1.807, 2.05) is 49.4 Å². The molecule has 0 saturated heterocycles. The van der Waals surface area contributed by atoms with E-state index in [9.17, 15) is 10.1 Å². The van der Waals surface area contributed by atoms with E-state index in [0.717, 1.165) is 11.3 Å². The highest BCUT2D eigenvalue weighted by Crippen LogP contribution is 2.21. The number of rotatable bonds is 7. The summed E-state index contributed by atoms with van der Waals surface area (Å²) in [6.45, 7) is 2.72. The second-order valence-corrected chi connectivity index (χ2v) is 5.17. The zero-order chi connectivity index (χ0) is 18.1. The Kier molecular flexibility index (Phi) is 6.61. The molecule has 2 aromatic carbocycles. The number of hydrogen-bond donors (Lipinski definition) is 1. The Morgan fingerprint density at radius 1 is 1.20 bits per heavy atom. The minimum atomic E-state index is -0.426. The lowest BCUT2D eigenvalue weighted by Gasteiger charge is -2.08. The van der Waals surface area contributed by atoms with Gasteiger partial charge >= 0.3 is 0 Å². The Labute approximate surface area is 147 Å². The summed E-state index contributed by atoms with van der Waals surface area (Å²) in [6.07, 6.45) is 1.54. The molecule has 0 aliphatic rings. The lowest BCUT2D eigenvalue weighted by Crippen LogP contribution is -2.23. The lowest BCUT2D eigenvalue weighted by atomic mass is 10.1. The van der Waals surface area contributed by atoms with Crippen LogP contribution >= 0.6 is 0 Å². The largest absolute Gasteiger partial charge is 0.497 e.